The second-order valence-corrected chi connectivity index (χ2v) is 4.40. The molecule has 0 saturated heterocycles. The van der Waals surface area contributed by atoms with Crippen molar-refractivity contribution in [1.82, 2.24) is 9.78 Å². The van der Waals surface area contributed by atoms with Crippen molar-refractivity contribution in [2.24, 2.45) is 17.8 Å². The standard InChI is InChI=1S/C14H19N5O/c1-19-8-7-12(18-19)9-16-14(15)17-13-6-4-3-5-11(13)10-20-2/h3-8H,9-10H2,1-2H3,(H3,15,16,17). The molecule has 6 heteroatoms. The van der Waals surface area contributed by atoms with Crippen LogP contribution in [-0.4, -0.2) is 22.8 Å². The molecule has 0 amide bonds. The van der Waals surface area contributed by atoms with E-state index in [9.17, 15) is 0 Å². The lowest BCUT2D eigenvalue weighted by Gasteiger charge is -2.10. The highest BCUT2D eigenvalue weighted by Crippen LogP contribution is 2.15. The number of nitrogens with zero attached hydrogens (tertiary/aromatic N) is 3. The van der Waals surface area contributed by atoms with Crippen LogP contribution in [0.4, 0.5) is 5.69 Å². The number of benzene rings is 1. The number of nitrogens with one attached hydrogen (secondary N) is 1. The van der Waals surface area contributed by atoms with Gasteiger partial charge in [-0.25, -0.2) is 4.99 Å². The van der Waals surface area contributed by atoms with Crippen molar-refractivity contribution < 1.29 is 4.74 Å². The average molecular weight is 273 g/mol. The number of aliphatic imine (C=N–C) groups is 1. The summed E-state index contributed by atoms with van der Waals surface area (Å²) in [4.78, 5) is 4.27. The number of ether oxygens (including phenoxy) is 1. The smallest absolute Gasteiger partial charge is 0.193 e. The average Bonchev–Trinajstić information content (AvgIpc) is 2.85. The first kappa shape index (κ1) is 14.1. The Morgan fingerprint density at radius 1 is 1.40 bits per heavy atom. The number of hydrogen-bond donors (Lipinski definition) is 2. The molecule has 0 bridgehead atoms. The molecule has 0 fully saturated rings. The first-order chi connectivity index (χ1) is 9.69. The van der Waals surface area contributed by atoms with Crippen LogP contribution in [0.1, 0.15) is 11.3 Å². The number of nitrogens with two attached hydrogens (primary N) is 1. The van der Waals surface area contributed by atoms with E-state index < -0.39 is 0 Å². The summed E-state index contributed by atoms with van der Waals surface area (Å²) in [5.41, 5.74) is 8.70. The van der Waals surface area contributed by atoms with Gasteiger partial charge in [0.1, 0.15) is 0 Å². The first-order valence-electron chi connectivity index (χ1n) is 6.31. The minimum Gasteiger partial charge on any atom is -0.380 e. The van der Waals surface area contributed by atoms with Crippen molar-refractivity contribution in [3.8, 4) is 0 Å². The van der Waals surface area contributed by atoms with E-state index in [4.69, 9.17) is 10.5 Å². The molecule has 0 spiro atoms. The maximum Gasteiger partial charge on any atom is 0.193 e. The van der Waals surface area contributed by atoms with Crippen molar-refractivity contribution in [2.45, 2.75) is 13.2 Å². The van der Waals surface area contributed by atoms with Gasteiger partial charge < -0.3 is 15.8 Å². The topological polar surface area (TPSA) is 77.5 Å². The molecule has 0 saturated carbocycles. The molecule has 20 heavy (non-hydrogen) atoms. The molecule has 0 aliphatic carbocycles. The van der Waals surface area contributed by atoms with Gasteiger partial charge in [0.15, 0.2) is 5.96 Å². The lowest BCUT2D eigenvalue weighted by molar-refractivity contribution is 0.185. The normalized spacial score (nSPS) is 11.6. The third-order valence-electron chi connectivity index (χ3n) is 2.76. The van der Waals surface area contributed by atoms with Gasteiger partial charge in [-0.05, 0) is 12.1 Å². The fourth-order valence-electron chi connectivity index (χ4n) is 1.81. The van der Waals surface area contributed by atoms with E-state index in [1.807, 2.05) is 43.6 Å². The monoisotopic (exact) mass is 273 g/mol. The van der Waals surface area contributed by atoms with E-state index in [0.29, 0.717) is 19.1 Å². The van der Waals surface area contributed by atoms with Crippen molar-refractivity contribution in [1.29, 1.82) is 0 Å². The molecule has 2 aromatic rings. The van der Waals surface area contributed by atoms with Gasteiger partial charge in [0.05, 0.1) is 18.8 Å². The molecular formula is C14H19N5O. The highest BCUT2D eigenvalue weighted by Gasteiger charge is 2.02. The molecule has 0 unspecified atom stereocenters. The highest BCUT2D eigenvalue weighted by atomic mass is 16.5. The number of rotatable bonds is 5. The number of aromatic nitrogens is 2. The lowest BCUT2D eigenvalue weighted by Crippen LogP contribution is -2.23. The van der Waals surface area contributed by atoms with Crippen LogP contribution in [0.3, 0.4) is 0 Å². The van der Waals surface area contributed by atoms with E-state index in [-0.39, 0.29) is 0 Å². The predicted molar refractivity (Wildman–Crippen MR) is 79.3 cm³/mol. The second kappa shape index (κ2) is 6.72. The highest BCUT2D eigenvalue weighted by molar-refractivity contribution is 5.92. The van der Waals surface area contributed by atoms with Gasteiger partial charge >= 0.3 is 0 Å². The zero-order chi connectivity index (χ0) is 14.4. The van der Waals surface area contributed by atoms with Gasteiger partial charge in [0.25, 0.3) is 0 Å². The van der Waals surface area contributed by atoms with Gasteiger partial charge in [-0.15, -0.1) is 0 Å². The molecule has 0 atom stereocenters. The third kappa shape index (κ3) is 3.83. The third-order valence-corrected chi connectivity index (χ3v) is 2.76. The van der Waals surface area contributed by atoms with Crippen LogP contribution in [0.5, 0.6) is 0 Å². The Morgan fingerprint density at radius 2 is 2.20 bits per heavy atom. The maximum absolute atomic E-state index is 5.89. The fraction of sp³-hybridized carbons (Fsp3) is 0.286. The van der Waals surface area contributed by atoms with Crippen LogP contribution in [0.25, 0.3) is 0 Å². The van der Waals surface area contributed by atoms with Crippen LogP contribution in [0.15, 0.2) is 41.5 Å². The summed E-state index contributed by atoms with van der Waals surface area (Å²) in [7, 11) is 3.53. The van der Waals surface area contributed by atoms with Gasteiger partial charge in [-0.2, -0.15) is 5.10 Å². The quantitative estimate of drug-likeness (QED) is 0.639. The minimum absolute atomic E-state index is 0.360. The Hall–Kier alpha value is -2.34. The first-order valence-corrected chi connectivity index (χ1v) is 6.31. The molecule has 6 nitrogen and oxygen atoms in total. The van der Waals surface area contributed by atoms with Crippen molar-refractivity contribution >= 4 is 11.6 Å². The van der Waals surface area contributed by atoms with Crippen molar-refractivity contribution in [3.05, 3.63) is 47.8 Å². The molecule has 106 valence electrons. The largest absolute Gasteiger partial charge is 0.380 e. The van der Waals surface area contributed by atoms with Gasteiger partial charge in [-0.3, -0.25) is 4.68 Å². The summed E-state index contributed by atoms with van der Waals surface area (Å²) in [5.74, 6) is 0.360. The lowest BCUT2D eigenvalue weighted by atomic mass is 10.2. The molecule has 0 aliphatic rings. The zero-order valence-electron chi connectivity index (χ0n) is 11.7. The Balaban J connectivity index is 2.01. The van der Waals surface area contributed by atoms with Gasteiger partial charge in [0.2, 0.25) is 0 Å². The summed E-state index contributed by atoms with van der Waals surface area (Å²) in [6.45, 7) is 0.975. The summed E-state index contributed by atoms with van der Waals surface area (Å²) < 4.78 is 6.89. The van der Waals surface area contributed by atoms with Gasteiger partial charge in [0, 0.05) is 31.6 Å². The van der Waals surface area contributed by atoms with E-state index in [1.165, 1.54) is 0 Å². The van der Waals surface area contributed by atoms with Crippen LogP contribution < -0.4 is 11.1 Å². The SMILES string of the molecule is COCc1ccccc1NC(N)=NCc1ccn(C)n1. The molecule has 3 N–H and O–H groups in total. The van der Waals surface area contributed by atoms with E-state index >= 15 is 0 Å². The fourth-order valence-corrected chi connectivity index (χ4v) is 1.81. The Kier molecular flexibility index (Phi) is 4.73. The number of aryl methyl sites for hydroxylation is 1. The second-order valence-electron chi connectivity index (χ2n) is 4.40. The van der Waals surface area contributed by atoms with Gasteiger partial charge in [-0.1, -0.05) is 18.2 Å². The van der Waals surface area contributed by atoms with E-state index in [0.717, 1.165) is 16.9 Å². The molecule has 1 aromatic heterocycles. The van der Waals surface area contributed by atoms with Crippen LogP contribution >= 0.6 is 0 Å². The molecule has 2 rings (SSSR count). The number of guanidine groups is 1. The number of anilines is 1. The molecule has 0 radical (unpaired) electrons. The van der Waals surface area contributed by atoms with Crippen molar-refractivity contribution in [2.75, 3.05) is 12.4 Å². The maximum atomic E-state index is 5.89. The molecular weight excluding hydrogens is 254 g/mol. The van der Waals surface area contributed by atoms with Crippen LogP contribution in [0.2, 0.25) is 0 Å². The number of methoxy groups -OCH3 is 1. The minimum atomic E-state index is 0.360. The predicted octanol–water partition coefficient (Wildman–Crippen LogP) is 1.49. The Labute approximate surface area is 118 Å². The van der Waals surface area contributed by atoms with E-state index in [2.05, 4.69) is 15.4 Å². The number of hydrogen-bond acceptors (Lipinski definition) is 3. The van der Waals surface area contributed by atoms with Crippen molar-refractivity contribution in [3.63, 3.8) is 0 Å². The summed E-state index contributed by atoms with van der Waals surface area (Å²) in [6, 6.07) is 9.74. The summed E-state index contributed by atoms with van der Waals surface area (Å²) in [5, 5.41) is 7.33. The molecule has 1 heterocycles. The van der Waals surface area contributed by atoms with Crippen LogP contribution in [-0.2, 0) is 24.9 Å². The molecule has 1 aromatic carbocycles. The van der Waals surface area contributed by atoms with Crippen LogP contribution in [0, 0.1) is 0 Å². The van der Waals surface area contributed by atoms with E-state index in [1.54, 1.807) is 11.8 Å². The Bertz CT molecular complexity index is 591. The Morgan fingerprint density at radius 3 is 2.90 bits per heavy atom. The summed E-state index contributed by atoms with van der Waals surface area (Å²) in [6.07, 6.45) is 1.88. The summed E-state index contributed by atoms with van der Waals surface area (Å²) >= 11 is 0. The zero-order valence-corrected chi connectivity index (χ0v) is 11.7. The number of para-hydroxylation sites is 1. The molecule has 0 aliphatic heterocycles.